The minimum atomic E-state index is -0.292. The van der Waals surface area contributed by atoms with Crippen LogP contribution in [0.3, 0.4) is 0 Å². The molecule has 1 atom stereocenters. The molecule has 1 nitrogen and oxygen atoms in total. The Balaban J connectivity index is 1.71. The Labute approximate surface area is 117 Å². The summed E-state index contributed by atoms with van der Waals surface area (Å²) in [4.78, 5) is 0. The minimum Gasteiger partial charge on any atom is -0.306 e. The maximum Gasteiger partial charge on any atom is 0.124 e. The van der Waals surface area contributed by atoms with Gasteiger partial charge in [-0.3, -0.25) is 0 Å². The number of fused-ring (bicyclic) bond motifs is 1. The average Bonchev–Trinajstić information content (AvgIpc) is 2.81. The summed E-state index contributed by atoms with van der Waals surface area (Å²) in [7, 11) is 0. The summed E-state index contributed by atoms with van der Waals surface area (Å²) >= 11 is 6.04. The number of rotatable bonds is 3. The molecule has 1 unspecified atom stereocenters. The van der Waals surface area contributed by atoms with Crippen molar-refractivity contribution in [1.82, 2.24) is 5.32 Å². The van der Waals surface area contributed by atoms with Crippen molar-refractivity contribution in [3.05, 3.63) is 70.0 Å². The summed E-state index contributed by atoms with van der Waals surface area (Å²) in [5, 5.41) is 3.99. The van der Waals surface area contributed by atoms with Crippen LogP contribution in [-0.4, -0.2) is 0 Å². The number of hydrogen-bond donors (Lipinski definition) is 1. The fourth-order valence-electron chi connectivity index (χ4n) is 2.67. The normalized spacial score (nSPS) is 17.5. The minimum absolute atomic E-state index is 0.292. The van der Waals surface area contributed by atoms with Crippen molar-refractivity contribution in [2.45, 2.75) is 25.4 Å². The Bertz CT molecular complexity index is 597. The third-order valence-corrected chi connectivity index (χ3v) is 4.04. The summed E-state index contributed by atoms with van der Waals surface area (Å²) in [6.07, 6.45) is 2.23. The van der Waals surface area contributed by atoms with Gasteiger partial charge in [0.15, 0.2) is 0 Å². The maximum atomic E-state index is 13.0. The molecule has 2 aromatic carbocycles. The van der Waals surface area contributed by atoms with Gasteiger partial charge in [-0.05, 0) is 41.7 Å². The van der Waals surface area contributed by atoms with E-state index in [0.29, 0.717) is 17.6 Å². The molecule has 0 spiro atoms. The van der Waals surface area contributed by atoms with Crippen molar-refractivity contribution in [2.24, 2.45) is 0 Å². The standard InChI is InChI=1S/C16H15ClFN/c17-15-9-13(18)7-5-12(15)10-19-16-8-6-11-3-1-2-4-14(11)16/h1-5,7,9,16,19H,6,8,10H2. The quantitative estimate of drug-likeness (QED) is 0.883. The highest BCUT2D eigenvalue weighted by Gasteiger charge is 2.21. The largest absolute Gasteiger partial charge is 0.306 e. The molecular formula is C16H15ClFN. The summed E-state index contributed by atoms with van der Waals surface area (Å²) in [5.74, 6) is -0.292. The lowest BCUT2D eigenvalue weighted by Crippen LogP contribution is -2.18. The van der Waals surface area contributed by atoms with E-state index in [0.717, 1.165) is 18.4 Å². The van der Waals surface area contributed by atoms with E-state index in [4.69, 9.17) is 11.6 Å². The molecule has 1 aliphatic rings. The first-order chi connectivity index (χ1) is 9.24. The number of nitrogens with one attached hydrogen (secondary N) is 1. The van der Waals surface area contributed by atoms with Crippen molar-refractivity contribution in [1.29, 1.82) is 0 Å². The van der Waals surface area contributed by atoms with Gasteiger partial charge in [0.05, 0.1) is 0 Å². The zero-order chi connectivity index (χ0) is 13.2. The highest BCUT2D eigenvalue weighted by atomic mass is 35.5. The molecule has 98 valence electrons. The van der Waals surface area contributed by atoms with Crippen molar-refractivity contribution in [3.8, 4) is 0 Å². The van der Waals surface area contributed by atoms with Gasteiger partial charge in [0.25, 0.3) is 0 Å². The Kier molecular flexibility index (Phi) is 3.54. The van der Waals surface area contributed by atoms with Gasteiger partial charge in [-0.1, -0.05) is 41.9 Å². The SMILES string of the molecule is Fc1ccc(CNC2CCc3ccccc32)c(Cl)c1. The van der Waals surface area contributed by atoms with Crippen LogP contribution in [0.4, 0.5) is 4.39 Å². The Morgan fingerprint density at radius 3 is 2.89 bits per heavy atom. The van der Waals surface area contributed by atoms with E-state index in [1.165, 1.54) is 23.3 Å². The van der Waals surface area contributed by atoms with Crippen LogP contribution in [0.2, 0.25) is 5.02 Å². The highest BCUT2D eigenvalue weighted by Crippen LogP contribution is 2.31. The number of aryl methyl sites for hydroxylation is 1. The van der Waals surface area contributed by atoms with Crippen LogP contribution in [-0.2, 0) is 13.0 Å². The van der Waals surface area contributed by atoms with E-state index >= 15 is 0 Å². The second-order valence-corrected chi connectivity index (χ2v) is 5.31. The molecular weight excluding hydrogens is 261 g/mol. The van der Waals surface area contributed by atoms with Gasteiger partial charge in [-0.25, -0.2) is 4.39 Å². The van der Waals surface area contributed by atoms with E-state index in [1.807, 2.05) is 0 Å². The van der Waals surface area contributed by atoms with E-state index in [2.05, 4.69) is 29.6 Å². The lowest BCUT2D eigenvalue weighted by atomic mass is 10.1. The molecule has 0 fully saturated rings. The topological polar surface area (TPSA) is 12.0 Å². The molecule has 19 heavy (non-hydrogen) atoms. The average molecular weight is 276 g/mol. The van der Waals surface area contributed by atoms with Gasteiger partial charge < -0.3 is 5.32 Å². The number of hydrogen-bond acceptors (Lipinski definition) is 1. The zero-order valence-corrected chi connectivity index (χ0v) is 11.3. The second kappa shape index (κ2) is 5.32. The molecule has 0 radical (unpaired) electrons. The third-order valence-electron chi connectivity index (χ3n) is 3.69. The Hall–Kier alpha value is -1.38. The molecule has 0 heterocycles. The molecule has 2 aromatic rings. The van der Waals surface area contributed by atoms with Crippen LogP contribution in [0.5, 0.6) is 0 Å². The second-order valence-electron chi connectivity index (χ2n) is 4.91. The van der Waals surface area contributed by atoms with Crippen LogP contribution in [0.15, 0.2) is 42.5 Å². The van der Waals surface area contributed by atoms with Crippen LogP contribution in [0.1, 0.15) is 29.2 Å². The molecule has 3 heteroatoms. The fourth-order valence-corrected chi connectivity index (χ4v) is 2.90. The fraction of sp³-hybridized carbons (Fsp3) is 0.250. The van der Waals surface area contributed by atoms with Gasteiger partial charge >= 0.3 is 0 Å². The van der Waals surface area contributed by atoms with Crippen LogP contribution in [0, 0.1) is 5.82 Å². The van der Waals surface area contributed by atoms with Crippen molar-refractivity contribution in [2.75, 3.05) is 0 Å². The molecule has 0 bridgehead atoms. The number of benzene rings is 2. The lowest BCUT2D eigenvalue weighted by Gasteiger charge is -2.14. The van der Waals surface area contributed by atoms with Crippen molar-refractivity contribution < 1.29 is 4.39 Å². The van der Waals surface area contributed by atoms with Crippen molar-refractivity contribution >= 4 is 11.6 Å². The first kappa shape index (κ1) is 12.6. The van der Waals surface area contributed by atoms with Gasteiger partial charge in [0.1, 0.15) is 5.82 Å². The predicted octanol–water partition coefficient (Wildman–Crippen LogP) is 4.26. The van der Waals surface area contributed by atoms with E-state index in [-0.39, 0.29) is 5.82 Å². The molecule has 0 saturated carbocycles. The first-order valence-electron chi connectivity index (χ1n) is 6.49. The highest BCUT2D eigenvalue weighted by molar-refractivity contribution is 6.31. The molecule has 0 saturated heterocycles. The van der Waals surface area contributed by atoms with Crippen LogP contribution in [0.25, 0.3) is 0 Å². The number of halogens is 2. The molecule has 0 amide bonds. The summed E-state index contributed by atoms with van der Waals surface area (Å²) in [6, 6.07) is 13.4. The van der Waals surface area contributed by atoms with Crippen molar-refractivity contribution in [3.63, 3.8) is 0 Å². The molecule has 3 rings (SSSR count). The summed E-state index contributed by atoms with van der Waals surface area (Å²) in [6.45, 7) is 0.665. The van der Waals surface area contributed by atoms with Gasteiger partial charge in [-0.15, -0.1) is 0 Å². The third kappa shape index (κ3) is 2.65. The zero-order valence-electron chi connectivity index (χ0n) is 10.5. The predicted molar refractivity (Wildman–Crippen MR) is 75.8 cm³/mol. The smallest absolute Gasteiger partial charge is 0.124 e. The molecule has 0 aromatic heterocycles. The molecule has 0 aliphatic heterocycles. The van der Waals surface area contributed by atoms with E-state index in [1.54, 1.807) is 6.07 Å². The Morgan fingerprint density at radius 1 is 1.21 bits per heavy atom. The maximum absolute atomic E-state index is 13.0. The Morgan fingerprint density at radius 2 is 2.05 bits per heavy atom. The molecule has 1 aliphatic carbocycles. The molecule has 1 N–H and O–H groups in total. The first-order valence-corrected chi connectivity index (χ1v) is 6.87. The summed E-state index contributed by atoms with van der Waals surface area (Å²) in [5.41, 5.74) is 3.73. The summed E-state index contributed by atoms with van der Waals surface area (Å²) < 4.78 is 13.0. The van der Waals surface area contributed by atoms with Gasteiger partial charge in [0, 0.05) is 17.6 Å². The monoisotopic (exact) mass is 275 g/mol. The van der Waals surface area contributed by atoms with E-state index in [9.17, 15) is 4.39 Å². The lowest BCUT2D eigenvalue weighted by molar-refractivity contribution is 0.529. The van der Waals surface area contributed by atoms with Crippen LogP contribution < -0.4 is 5.32 Å². The van der Waals surface area contributed by atoms with E-state index < -0.39 is 0 Å². The van der Waals surface area contributed by atoms with Gasteiger partial charge in [0.2, 0.25) is 0 Å². The van der Waals surface area contributed by atoms with Gasteiger partial charge in [-0.2, -0.15) is 0 Å². The van der Waals surface area contributed by atoms with Crippen LogP contribution >= 0.6 is 11.6 Å².